The van der Waals surface area contributed by atoms with Crippen molar-refractivity contribution in [3.05, 3.63) is 83.4 Å². The van der Waals surface area contributed by atoms with Gasteiger partial charge >= 0.3 is 0 Å². The third-order valence-electron chi connectivity index (χ3n) is 6.19. The second-order valence-corrected chi connectivity index (χ2v) is 8.18. The minimum Gasteiger partial charge on any atom is -0.0840 e. The first-order valence-electron chi connectivity index (χ1n) is 10.2. The number of halogens is 1. The van der Waals surface area contributed by atoms with Crippen LogP contribution in [0.3, 0.4) is 0 Å². The number of rotatable bonds is 4. The highest BCUT2D eigenvalue weighted by molar-refractivity contribution is 6.31. The maximum absolute atomic E-state index is 6.71. The summed E-state index contributed by atoms with van der Waals surface area (Å²) in [4.78, 5) is 0. The van der Waals surface area contributed by atoms with Crippen molar-refractivity contribution in [1.29, 1.82) is 0 Å². The molecule has 1 aliphatic rings. The Hall–Kier alpha value is -2.05. The van der Waals surface area contributed by atoms with Gasteiger partial charge in [-0.25, -0.2) is 0 Å². The van der Waals surface area contributed by atoms with Gasteiger partial charge in [0, 0.05) is 5.02 Å². The van der Waals surface area contributed by atoms with Gasteiger partial charge in [-0.15, -0.1) is 0 Å². The lowest BCUT2D eigenvalue weighted by Crippen LogP contribution is -2.13. The quantitative estimate of drug-likeness (QED) is 0.430. The van der Waals surface area contributed by atoms with Gasteiger partial charge in [-0.2, -0.15) is 0 Å². The Labute approximate surface area is 168 Å². The van der Waals surface area contributed by atoms with E-state index in [4.69, 9.17) is 11.6 Å². The summed E-state index contributed by atoms with van der Waals surface area (Å²) in [5.74, 6) is 1.49. The summed E-state index contributed by atoms with van der Waals surface area (Å²) in [5, 5.41) is 0.930. The average molecular weight is 375 g/mol. The molecule has 0 N–H and O–H groups in total. The molecule has 0 aliphatic heterocycles. The van der Waals surface area contributed by atoms with Gasteiger partial charge < -0.3 is 0 Å². The molecule has 27 heavy (non-hydrogen) atoms. The van der Waals surface area contributed by atoms with Crippen molar-refractivity contribution in [3.8, 4) is 22.3 Å². The summed E-state index contributed by atoms with van der Waals surface area (Å²) < 4.78 is 0. The van der Waals surface area contributed by atoms with E-state index in [0.29, 0.717) is 5.92 Å². The van der Waals surface area contributed by atoms with E-state index in [9.17, 15) is 0 Å². The summed E-state index contributed by atoms with van der Waals surface area (Å²) in [5.41, 5.74) is 6.45. The van der Waals surface area contributed by atoms with E-state index in [1.807, 2.05) is 0 Å². The molecule has 0 atom stereocenters. The van der Waals surface area contributed by atoms with Crippen molar-refractivity contribution in [2.45, 2.75) is 44.9 Å². The Kier molecular flexibility index (Phi) is 5.64. The lowest BCUT2D eigenvalue weighted by Gasteiger charge is -2.30. The molecule has 3 aromatic carbocycles. The maximum atomic E-state index is 6.71. The van der Waals surface area contributed by atoms with Crippen LogP contribution in [0.15, 0.2) is 72.8 Å². The second-order valence-electron chi connectivity index (χ2n) is 7.77. The molecule has 0 nitrogen and oxygen atoms in total. The number of benzene rings is 3. The Bertz CT molecular complexity index is 872. The monoisotopic (exact) mass is 374 g/mol. The van der Waals surface area contributed by atoms with Crippen molar-refractivity contribution in [2.75, 3.05) is 0 Å². The molecule has 0 unspecified atom stereocenters. The van der Waals surface area contributed by atoms with E-state index in [-0.39, 0.29) is 0 Å². The zero-order valence-corrected chi connectivity index (χ0v) is 16.8. The van der Waals surface area contributed by atoms with E-state index in [0.717, 1.165) is 10.9 Å². The zero-order chi connectivity index (χ0) is 18.6. The van der Waals surface area contributed by atoms with Gasteiger partial charge in [-0.1, -0.05) is 91.7 Å². The largest absolute Gasteiger partial charge is 0.0840 e. The standard InChI is InChI=1S/C26H27Cl/c1-2-19-11-13-23(14-12-19)26-24(9-6-10-25(26)27)22-17-15-21(16-18-22)20-7-4-3-5-8-20/h3-10,15-19,23H,2,11-14H2,1H3. The normalized spacial score (nSPS) is 19.8. The van der Waals surface area contributed by atoms with E-state index in [2.05, 4.69) is 79.7 Å². The van der Waals surface area contributed by atoms with Crippen LogP contribution in [-0.2, 0) is 0 Å². The first-order chi connectivity index (χ1) is 13.3. The van der Waals surface area contributed by atoms with Gasteiger partial charge in [0.15, 0.2) is 0 Å². The fourth-order valence-corrected chi connectivity index (χ4v) is 4.86. The predicted octanol–water partition coefficient (Wildman–Crippen LogP) is 8.36. The smallest absolute Gasteiger partial charge is 0.0447 e. The topological polar surface area (TPSA) is 0 Å². The van der Waals surface area contributed by atoms with Crippen LogP contribution in [0, 0.1) is 5.92 Å². The molecule has 0 radical (unpaired) electrons. The molecule has 1 saturated carbocycles. The number of hydrogen-bond acceptors (Lipinski definition) is 0. The van der Waals surface area contributed by atoms with Crippen molar-refractivity contribution < 1.29 is 0 Å². The molecule has 0 saturated heterocycles. The van der Waals surface area contributed by atoms with E-state index >= 15 is 0 Å². The highest BCUT2D eigenvalue weighted by Gasteiger charge is 2.25. The van der Waals surface area contributed by atoms with E-state index in [1.165, 1.54) is 59.9 Å². The molecule has 1 fully saturated rings. The molecule has 1 heteroatoms. The highest BCUT2D eigenvalue weighted by atomic mass is 35.5. The van der Waals surface area contributed by atoms with Gasteiger partial charge in [0.05, 0.1) is 0 Å². The second kappa shape index (κ2) is 8.31. The Balaban J connectivity index is 1.65. The van der Waals surface area contributed by atoms with Crippen LogP contribution in [0.2, 0.25) is 5.02 Å². The maximum Gasteiger partial charge on any atom is 0.0447 e. The average Bonchev–Trinajstić information content (AvgIpc) is 2.74. The molecular formula is C26H27Cl. The fraction of sp³-hybridized carbons (Fsp3) is 0.308. The Morgan fingerprint density at radius 1 is 0.704 bits per heavy atom. The summed E-state index contributed by atoms with van der Waals surface area (Å²) in [6.07, 6.45) is 6.50. The minimum absolute atomic E-state index is 0.588. The van der Waals surface area contributed by atoms with Crippen molar-refractivity contribution in [2.24, 2.45) is 5.92 Å². The summed E-state index contributed by atoms with van der Waals surface area (Å²) in [6, 6.07) is 25.9. The van der Waals surface area contributed by atoms with Crippen molar-refractivity contribution >= 4 is 11.6 Å². The van der Waals surface area contributed by atoms with Crippen LogP contribution in [0.4, 0.5) is 0 Å². The van der Waals surface area contributed by atoms with Crippen LogP contribution in [0.5, 0.6) is 0 Å². The molecule has 0 spiro atoms. The minimum atomic E-state index is 0.588. The Morgan fingerprint density at radius 3 is 2.00 bits per heavy atom. The van der Waals surface area contributed by atoms with Gasteiger partial charge in [-0.05, 0) is 71.4 Å². The molecule has 0 heterocycles. The SMILES string of the molecule is CCC1CCC(c2c(Cl)cccc2-c2ccc(-c3ccccc3)cc2)CC1. The zero-order valence-electron chi connectivity index (χ0n) is 16.0. The first-order valence-corrected chi connectivity index (χ1v) is 10.6. The molecule has 1 aliphatic carbocycles. The predicted molar refractivity (Wildman–Crippen MR) is 117 cm³/mol. The van der Waals surface area contributed by atoms with E-state index in [1.54, 1.807) is 0 Å². The third-order valence-corrected chi connectivity index (χ3v) is 6.52. The molecule has 0 bridgehead atoms. The third kappa shape index (κ3) is 3.96. The van der Waals surface area contributed by atoms with Crippen LogP contribution in [0.1, 0.15) is 50.5 Å². The van der Waals surface area contributed by atoms with Crippen LogP contribution in [0.25, 0.3) is 22.3 Å². The summed E-state index contributed by atoms with van der Waals surface area (Å²) in [7, 11) is 0. The van der Waals surface area contributed by atoms with Gasteiger partial charge in [0.2, 0.25) is 0 Å². The van der Waals surface area contributed by atoms with E-state index < -0.39 is 0 Å². The number of hydrogen-bond donors (Lipinski definition) is 0. The summed E-state index contributed by atoms with van der Waals surface area (Å²) >= 11 is 6.71. The van der Waals surface area contributed by atoms with Crippen molar-refractivity contribution in [3.63, 3.8) is 0 Å². The molecule has 0 aromatic heterocycles. The molecule has 138 valence electrons. The molecule has 3 aromatic rings. The van der Waals surface area contributed by atoms with Gasteiger partial charge in [0.1, 0.15) is 0 Å². The molecular weight excluding hydrogens is 348 g/mol. The summed E-state index contributed by atoms with van der Waals surface area (Å²) in [6.45, 7) is 2.32. The van der Waals surface area contributed by atoms with Gasteiger partial charge in [-0.3, -0.25) is 0 Å². The lowest BCUT2D eigenvalue weighted by molar-refractivity contribution is 0.319. The molecule has 4 rings (SSSR count). The Morgan fingerprint density at radius 2 is 1.33 bits per heavy atom. The van der Waals surface area contributed by atoms with Gasteiger partial charge in [0.25, 0.3) is 0 Å². The lowest BCUT2D eigenvalue weighted by atomic mass is 9.76. The highest BCUT2D eigenvalue weighted by Crippen LogP contribution is 2.43. The first kappa shape index (κ1) is 18.3. The molecule has 0 amide bonds. The van der Waals surface area contributed by atoms with Crippen LogP contribution in [-0.4, -0.2) is 0 Å². The van der Waals surface area contributed by atoms with Crippen LogP contribution < -0.4 is 0 Å². The fourth-order valence-electron chi connectivity index (χ4n) is 4.54. The van der Waals surface area contributed by atoms with Crippen LogP contribution >= 0.6 is 11.6 Å². The van der Waals surface area contributed by atoms with Crippen molar-refractivity contribution in [1.82, 2.24) is 0 Å².